The number of nitrogens with zero attached hydrogens (tertiary/aromatic N) is 2. The first-order valence-corrected chi connectivity index (χ1v) is 8.62. The molecule has 0 radical (unpaired) electrons. The van der Waals surface area contributed by atoms with Crippen LogP contribution in [-0.2, 0) is 5.60 Å². The number of halogens is 2. The van der Waals surface area contributed by atoms with Crippen LogP contribution >= 0.6 is 27.5 Å². The Labute approximate surface area is 149 Å². The molecule has 0 unspecified atom stereocenters. The highest BCUT2D eigenvalue weighted by Crippen LogP contribution is 2.39. The molecule has 5 heteroatoms. The summed E-state index contributed by atoms with van der Waals surface area (Å²) >= 11 is 9.78. The lowest BCUT2D eigenvalue weighted by Crippen LogP contribution is -2.43. The summed E-state index contributed by atoms with van der Waals surface area (Å²) in [6.07, 6.45) is 1.23. The maximum absolute atomic E-state index is 11.0. The lowest BCUT2D eigenvalue weighted by molar-refractivity contribution is 0.0118. The number of piperidine rings is 1. The van der Waals surface area contributed by atoms with Gasteiger partial charge in [0, 0.05) is 28.1 Å². The first kappa shape index (κ1) is 16.3. The average molecular weight is 392 g/mol. The Hall–Kier alpha value is -1.54. The fourth-order valence-corrected chi connectivity index (χ4v) is 4.00. The summed E-state index contributed by atoms with van der Waals surface area (Å²) in [6.45, 7) is 1.46. The fraction of sp³-hybridized carbons (Fsp3) is 0.278. The molecule has 1 saturated heterocycles. The van der Waals surface area contributed by atoms with E-state index in [1.807, 2.05) is 42.5 Å². The van der Waals surface area contributed by atoms with Crippen molar-refractivity contribution in [3.63, 3.8) is 0 Å². The number of hydrogen-bond donors (Lipinski definition) is 1. The van der Waals surface area contributed by atoms with Crippen LogP contribution in [0, 0.1) is 11.3 Å². The summed E-state index contributed by atoms with van der Waals surface area (Å²) in [6, 6.07) is 15.2. The molecule has 3 nitrogen and oxygen atoms in total. The number of aliphatic hydroxyl groups is 1. The van der Waals surface area contributed by atoms with Gasteiger partial charge in [0.25, 0.3) is 0 Å². The van der Waals surface area contributed by atoms with Crippen LogP contribution < -0.4 is 4.90 Å². The second kappa shape index (κ2) is 6.52. The van der Waals surface area contributed by atoms with Crippen molar-refractivity contribution >= 4 is 33.2 Å². The third kappa shape index (κ3) is 3.23. The van der Waals surface area contributed by atoms with Crippen molar-refractivity contribution in [2.45, 2.75) is 18.4 Å². The Morgan fingerprint density at radius 1 is 1.17 bits per heavy atom. The van der Waals surface area contributed by atoms with Gasteiger partial charge in [0.15, 0.2) is 0 Å². The molecule has 2 aromatic rings. The molecular weight excluding hydrogens is 376 g/mol. The minimum Gasteiger partial charge on any atom is -0.385 e. The smallest absolute Gasteiger partial charge is 0.0992 e. The molecule has 2 aromatic carbocycles. The van der Waals surface area contributed by atoms with E-state index in [0.717, 1.165) is 28.8 Å². The summed E-state index contributed by atoms with van der Waals surface area (Å²) in [5.41, 5.74) is 1.60. The quantitative estimate of drug-likeness (QED) is 0.822. The second-order valence-corrected chi connectivity index (χ2v) is 7.04. The highest BCUT2D eigenvalue weighted by molar-refractivity contribution is 9.10. The zero-order chi connectivity index (χ0) is 16.4. The van der Waals surface area contributed by atoms with Crippen LogP contribution in [0.15, 0.2) is 46.9 Å². The molecule has 1 aliphatic heterocycles. The highest BCUT2D eigenvalue weighted by atomic mass is 79.9. The van der Waals surface area contributed by atoms with E-state index in [1.54, 1.807) is 0 Å². The Bertz CT molecular complexity index is 764. The number of benzene rings is 2. The third-order valence-electron chi connectivity index (χ3n) is 4.38. The van der Waals surface area contributed by atoms with Crippen molar-refractivity contribution in [2.75, 3.05) is 18.0 Å². The lowest BCUT2D eigenvalue weighted by atomic mass is 9.84. The highest BCUT2D eigenvalue weighted by Gasteiger charge is 2.35. The zero-order valence-electron chi connectivity index (χ0n) is 12.5. The summed E-state index contributed by atoms with van der Waals surface area (Å²) in [5, 5.41) is 20.5. The van der Waals surface area contributed by atoms with E-state index >= 15 is 0 Å². The van der Waals surface area contributed by atoms with Gasteiger partial charge < -0.3 is 10.0 Å². The van der Waals surface area contributed by atoms with Gasteiger partial charge in [-0.3, -0.25) is 0 Å². The molecule has 23 heavy (non-hydrogen) atoms. The van der Waals surface area contributed by atoms with E-state index in [-0.39, 0.29) is 0 Å². The number of hydrogen-bond acceptors (Lipinski definition) is 3. The summed E-state index contributed by atoms with van der Waals surface area (Å²) in [7, 11) is 0. The predicted molar refractivity (Wildman–Crippen MR) is 95.7 cm³/mol. The lowest BCUT2D eigenvalue weighted by Gasteiger charge is -2.40. The van der Waals surface area contributed by atoms with Crippen molar-refractivity contribution in [1.82, 2.24) is 0 Å². The van der Waals surface area contributed by atoms with Crippen molar-refractivity contribution in [3.8, 4) is 6.07 Å². The Kier molecular flexibility index (Phi) is 4.63. The van der Waals surface area contributed by atoms with Gasteiger partial charge in [0.05, 0.1) is 22.9 Å². The van der Waals surface area contributed by atoms with Crippen LogP contribution in [0.25, 0.3) is 0 Å². The predicted octanol–water partition coefficient (Wildman–Crippen LogP) is 4.46. The summed E-state index contributed by atoms with van der Waals surface area (Å²) in [5.74, 6) is 0. The van der Waals surface area contributed by atoms with Crippen molar-refractivity contribution < 1.29 is 5.11 Å². The zero-order valence-corrected chi connectivity index (χ0v) is 14.8. The number of anilines is 1. The summed E-state index contributed by atoms with van der Waals surface area (Å²) in [4.78, 5) is 2.22. The van der Waals surface area contributed by atoms with Crippen molar-refractivity contribution in [2.24, 2.45) is 0 Å². The van der Waals surface area contributed by atoms with Crippen molar-refractivity contribution in [3.05, 3.63) is 63.1 Å². The molecule has 1 N–H and O–H groups in total. The molecule has 0 atom stereocenters. The Morgan fingerprint density at radius 3 is 2.48 bits per heavy atom. The van der Waals surface area contributed by atoms with Gasteiger partial charge in [-0.15, -0.1) is 0 Å². The number of nitriles is 1. The normalized spacial score (nSPS) is 16.9. The minimum atomic E-state index is -0.881. The van der Waals surface area contributed by atoms with Crippen molar-refractivity contribution in [1.29, 1.82) is 5.26 Å². The van der Waals surface area contributed by atoms with Gasteiger partial charge >= 0.3 is 0 Å². The molecule has 0 spiro atoms. The maximum atomic E-state index is 11.0. The summed E-state index contributed by atoms with van der Waals surface area (Å²) < 4.78 is 0.903. The maximum Gasteiger partial charge on any atom is 0.0992 e. The van der Waals surface area contributed by atoms with E-state index in [4.69, 9.17) is 16.9 Å². The van der Waals surface area contributed by atoms with Gasteiger partial charge in [0.2, 0.25) is 0 Å². The molecule has 0 aliphatic carbocycles. The topological polar surface area (TPSA) is 47.3 Å². The van der Waals surface area contributed by atoms with Crippen LogP contribution in [0.3, 0.4) is 0 Å². The van der Waals surface area contributed by atoms with Gasteiger partial charge in [-0.1, -0.05) is 29.8 Å². The van der Waals surface area contributed by atoms with E-state index < -0.39 is 5.60 Å². The standard InChI is InChI=1S/C18H16BrClN2O/c19-15-11-13(12-21)5-6-17(15)22-9-7-18(23,8-10-22)14-3-1-2-4-16(14)20/h1-6,11,23H,7-10H2. The SMILES string of the molecule is N#Cc1ccc(N2CCC(O)(c3ccccc3Cl)CC2)c(Br)c1. The van der Waals surface area contributed by atoms with Gasteiger partial charge in [-0.25, -0.2) is 0 Å². The van der Waals surface area contributed by atoms with Gasteiger partial charge in [-0.05, 0) is 53.0 Å². The third-order valence-corrected chi connectivity index (χ3v) is 5.35. The van der Waals surface area contributed by atoms with Crippen LogP contribution in [-0.4, -0.2) is 18.2 Å². The van der Waals surface area contributed by atoms with Crippen LogP contribution in [0.2, 0.25) is 5.02 Å². The van der Waals surface area contributed by atoms with Gasteiger partial charge in [0.1, 0.15) is 0 Å². The monoisotopic (exact) mass is 390 g/mol. The van der Waals surface area contributed by atoms with E-state index in [1.165, 1.54) is 0 Å². The average Bonchev–Trinajstić information content (AvgIpc) is 2.56. The number of rotatable bonds is 2. The van der Waals surface area contributed by atoms with Crippen LogP contribution in [0.4, 0.5) is 5.69 Å². The Balaban J connectivity index is 1.79. The molecule has 0 aromatic heterocycles. The van der Waals surface area contributed by atoms with E-state index in [0.29, 0.717) is 23.4 Å². The van der Waals surface area contributed by atoms with E-state index in [2.05, 4.69) is 26.9 Å². The molecule has 3 rings (SSSR count). The molecule has 1 heterocycles. The van der Waals surface area contributed by atoms with Gasteiger partial charge in [-0.2, -0.15) is 5.26 Å². The van der Waals surface area contributed by atoms with E-state index in [9.17, 15) is 5.11 Å². The Morgan fingerprint density at radius 2 is 1.87 bits per heavy atom. The molecule has 1 aliphatic rings. The fourth-order valence-electron chi connectivity index (χ4n) is 3.06. The second-order valence-electron chi connectivity index (χ2n) is 5.78. The first-order valence-electron chi connectivity index (χ1n) is 7.45. The molecule has 0 saturated carbocycles. The largest absolute Gasteiger partial charge is 0.385 e. The molecule has 0 amide bonds. The molecular formula is C18H16BrClN2O. The molecule has 118 valence electrons. The molecule has 0 bridgehead atoms. The molecule has 1 fully saturated rings. The minimum absolute atomic E-state index is 0.614. The van der Waals surface area contributed by atoms with Crippen LogP contribution in [0.1, 0.15) is 24.0 Å². The first-order chi connectivity index (χ1) is 11.0. The van der Waals surface area contributed by atoms with Crippen LogP contribution in [0.5, 0.6) is 0 Å².